The van der Waals surface area contributed by atoms with Gasteiger partial charge in [0.2, 0.25) is 0 Å². The fourth-order valence-electron chi connectivity index (χ4n) is 1.09. The molecule has 0 bridgehead atoms. The highest BCUT2D eigenvalue weighted by Gasteiger charge is 1.79. The molecule has 0 heterocycles. The molecule has 0 nitrogen and oxygen atoms in total. The second-order valence-electron chi connectivity index (χ2n) is 3.31. The van der Waals surface area contributed by atoms with Crippen LogP contribution in [0.15, 0.2) is 61.3 Å². The van der Waals surface area contributed by atoms with Crippen molar-refractivity contribution in [2.24, 2.45) is 0 Å². The van der Waals surface area contributed by atoms with Crippen molar-refractivity contribution in [3.63, 3.8) is 0 Å². The average molecular weight is 202 g/mol. The quantitative estimate of drug-likeness (QED) is 0.385. The summed E-state index contributed by atoms with van der Waals surface area (Å²) in [6, 6.07) is 0. The molecule has 0 unspecified atom stereocenters. The Morgan fingerprint density at radius 3 is 2.00 bits per heavy atom. The van der Waals surface area contributed by atoms with Gasteiger partial charge in [-0.05, 0) is 12.8 Å². The summed E-state index contributed by atoms with van der Waals surface area (Å²) in [4.78, 5) is 0. The van der Waals surface area contributed by atoms with E-state index in [2.05, 4.69) is 31.7 Å². The van der Waals surface area contributed by atoms with Crippen molar-refractivity contribution in [1.82, 2.24) is 0 Å². The molecule has 0 saturated carbocycles. The maximum Gasteiger partial charge on any atom is -0.0348 e. The van der Waals surface area contributed by atoms with E-state index >= 15 is 0 Å². The average Bonchev–Trinajstić information content (AvgIpc) is 2.26. The third-order valence-corrected chi connectivity index (χ3v) is 1.91. The normalized spacial score (nSPS) is 12.6. The van der Waals surface area contributed by atoms with Crippen molar-refractivity contribution in [2.45, 2.75) is 32.6 Å². The highest BCUT2D eigenvalue weighted by Crippen LogP contribution is 1.99. The molecule has 0 rings (SSSR count). The summed E-state index contributed by atoms with van der Waals surface area (Å²) in [5.74, 6) is 0. The third kappa shape index (κ3) is 12.7. The first kappa shape index (κ1) is 13.7. The fourth-order valence-corrected chi connectivity index (χ4v) is 1.09. The molecule has 0 spiro atoms. The van der Waals surface area contributed by atoms with Gasteiger partial charge in [0.1, 0.15) is 0 Å². The predicted molar refractivity (Wildman–Crippen MR) is 70.9 cm³/mol. The molecule has 0 amide bonds. The second kappa shape index (κ2) is 12.7. The Labute approximate surface area is 94.4 Å². The minimum atomic E-state index is 1.19. The fraction of sp³-hybridized carbons (Fsp3) is 0.333. The second-order valence-corrected chi connectivity index (χ2v) is 3.31. The monoisotopic (exact) mass is 202 g/mol. The van der Waals surface area contributed by atoms with Gasteiger partial charge in [0.15, 0.2) is 0 Å². The van der Waals surface area contributed by atoms with Crippen LogP contribution in [0.1, 0.15) is 32.6 Å². The number of allylic oxidation sites excluding steroid dienone is 9. The summed E-state index contributed by atoms with van der Waals surface area (Å²) >= 11 is 0. The topological polar surface area (TPSA) is 0 Å². The van der Waals surface area contributed by atoms with Crippen molar-refractivity contribution in [1.29, 1.82) is 0 Å². The molecule has 15 heavy (non-hydrogen) atoms. The molecule has 0 radical (unpaired) electrons. The van der Waals surface area contributed by atoms with Crippen LogP contribution in [0.5, 0.6) is 0 Å². The van der Waals surface area contributed by atoms with Crippen LogP contribution in [0.4, 0.5) is 0 Å². The maximum atomic E-state index is 3.59. The van der Waals surface area contributed by atoms with E-state index in [0.717, 1.165) is 0 Å². The highest BCUT2D eigenvalue weighted by molar-refractivity contribution is 5.17. The molecule has 0 aliphatic rings. The lowest BCUT2D eigenvalue weighted by Crippen LogP contribution is -1.69. The van der Waals surface area contributed by atoms with E-state index in [4.69, 9.17) is 0 Å². The summed E-state index contributed by atoms with van der Waals surface area (Å²) < 4.78 is 0. The summed E-state index contributed by atoms with van der Waals surface area (Å²) in [5, 5.41) is 0. The lowest BCUT2D eigenvalue weighted by Gasteiger charge is -1.89. The van der Waals surface area contributed by atoms with Gasteiger partial charge in [-0.2, -0.15) is 0 Å². The van der Waals surface area contributed by atoms with Crippen LogP contribution in [0.2, 0.25) is 0 Å². The van der Waals surface area contributed by atoms with E-state index in [1.165, 1.54) is 25.7 Å². The zero-order valence-corrected chi connectivity index (χ0v) is 9.73. The molecule has 0 aliphatic carbocycles. The van der Waals surface area contributed by atoms with Crippen LogP contribution in [-0.2, 0) is 0 Å². The molecule has 0 aliphatic heterocycles. The number of unbranched alkanes of at least 4 members (excludes halogenated alkanes) is 3. The first-order chi connectivity index (χ1) is 7.41. The van der Waals surface area contributed by atoms with Gasteiger partial charge < -0.3 is 0 Å². The largest absolute Gasteiger partial charge is 0.0991 e. The van der Waals surface area contributed by atoms with Gasteiger partial charge in [-0.25, -0.2) is 0 Å². The van der Waals surface area contributed by atoms with Crippen LogP contribution in [0, 0.1) is 0 Å². The highest BCUT2D eigenvalue weighted by atomic mass is 13.9. The van der Waals surface area contributed by atoms with Crippen LogP contribution in [0.25, 0.3) is 0 Å². The number of hydrogen-bond acceptors (Lipinski definition) is 0. The lowest BCUT2D eigenvalue weighted by molar-refractivity contribution is 0.729. The van der Waals surface area contributed by atoms with E-state index in [-0.39, 0.29) is 0 Å². The Bertz CT molecular complexity index is 239. The Balaban J connectivity index is 3.48. The van der Waals surface area contributed by atoms with Crippen molar-refractivity contribution in [3.8, 4) is 0 Å². The van der Waals surface area contributed by atoms with E-state index in [1.54, 1.807) is 6.08 Å². The molecule has 0 aromatic heterocycles. The molecule has 0 N–H and O–H groups in total. The first-order valence-corrected chi connectivity index (χ1v) is 5.69. The van der Waals surface area contributed by atoms with Crippen LogP contribution >= 0.6 is 0 Å². The lowest BCUT2D eigenvalue weighted by atomic mass is 10.2. The van der Waals surface area contributed by atoms with Crippen LogP contribution < -0.4 is 0 Å². The SMILES string of the molecule is C=CC=CC=CC=CC=CCCCCC. The summed E-state index contributed by atoms with van der Waals surface area (Å²) in [6.45, 7) is 5.82. The van der Waals surface area contributed by atoms with Crippen LogP contribution in [-0.4, -0.2) is 0 Å². The van der Waals surface area contributed by atoms with Gasteiger partial charge in [-0.3, -0.25) is 0 Å². The molecule has 0 fully saturated rings. The Morgan fingerprint density at radius 2 is 1.40 bits per heavy atom. The molecule has 0 aromatic carbocycles. The number of hydrogen-bond donors (Lipinski definition) is 0. The Hall–Kier alpha value is -1.30. The standard InChI is InChI=1S/C15H22/c1-3-5-7-9-11-13-15-14-12-10-8-6-4-2/h3,5,7,9,11-15H,1,4,6,8,10H2,2H3. The Morgan fingerprint density at radius 1 is 0.800 bits per heavy atom. The van der Waals surface area contributed by atoms with E-state index in [1.807, 2.05) is 30.4 Å². The third-order valence-electron chi connectivity index (χ3n) is 1.91. The predicted octanol–water partition coefficient (Wildman–Crippen LogP) is 4.98. The first-order valence-electron chi connectivity index (χ1n) is 5.69. The number of rotatable bonds is 8. The minimum absolute atomic E-state index is 1.19. The molecule has 0 saturated heterocycles. The molecule has 0 atom stereocenters. The van der Waals surface area contributed by atoms with Crippen molar-refractivity contribution >= 4 is 0 Å². The molecular weight excluding hydrogens is 180 g/mol. The Kier molecular flexibility index (Phi) is 11.6. The van der Waals surface area contributed by atoms with Gasteiger partial charge in [0, 0.05) is 0 Å². The van der Waals surface area contributed by atoms with Crippen LogP contribution in [0.3, 0.4) is 0 Å². The van der Waals surface area contributed by atoms with E-state index < -0.39 is 0 Å². The minimum Gasteiger partial charge on any atom is -0.0991 e. The molecule has 82 valence electrons. The molecule has 0 heteroatoms. The van der Waals surface area contributed by atoms with Gasteiger partial charge in [-0.15, -0.1) is 0 Å². The van der Waals surface area contributed by atoms with Crippen molar-refractivity contribution in [2.75, 3.05) is 0 Å². The van der Waals surface area contributed by atoms with E-state index in [0.29, 0.717) is 0 Å². The summed E-state index contributed by atoms with van der Waals surface area (Å²) in [7, 11) is 0. The zero-order chi connectivity index (χ0) is 11.2. The summed E-state index contributed by atoms with van der Waals surface area (Å²) in [5.41, 5.74) is 0. The summed E-state index contributed by atoms with van der Waals surface area (Å²) in [6.07, 6.45) is 23.2. The van der Waals surface area contributed by atoms with E-state index in [9.17, 15) is 0 Å². The molecule has 0 aromatic rings. The van der Waals surface area contributed by atoms with Crippen molar-refractivity contribution in [3.05, 3.63) is 61.3 Å². The molecular formula is C15H22. The zero-order valence-electron chi connectivity index (χ0n) is 9.73. The van der Waals surface area contributed by atoms with Gasteiger partial charge in [0.05, 0.1) is 0 Å². The maximum absolute atomic E-state index is 3.59. The smallest absolute Gasteiger partial charge is 0.0348 e. The van der Waals surface area contributed by atoms with Gasteiger partial charge in [0.25, 0.3) is 0 Å². The van der Waals surface area contributed by atoms with Gasteiger partial charge in [-0.1, -0.05) is 81.0 Å². The van der Waals surface area contributed by atoms with Crippen molar-refractivity contribution < 1.29 is 0 Å². The van der Waals surface area contributed by atoms with Gasteiger partial charge >= 0.3 is 0 Å².